The van der Waals surface area contributed by atoms with E-state index in [1.807, 2.05) is 58.0 Å². The molecule has 0 aliphatic rings. The van der Waals surface area contributed by atoms with Crippen molar-refractivity contribution in [3.63, 3.8) is 0 Å². The monoisotopic (exact) mass is 597 g/mol. The third-order valence-corrected chi connectivity index (χ3v) is 8.46. The zero-order chi connectivity index (χ0) is 30.7. The van der Waals surface area contributed by atoms with Crippen LogP contribution in [0.4, 0.5) is 10.1 Å². The first-order valence-electron chi connectivity index (χ1n) is 14.2. The Hall–Kier alpha value is -3.92. The van der Waals surface area contributed by atoms with Gasteiger partial charge in [-0.1, -0.05) is 51.1 Å². The lowest BCUT2D eigenvalue weighted by Gasteiger charge is -2.33. The molecule has 0 aliphatic heterocycles. The van der Waals surface area contributed by atoms with Crippen molar-refractivity contribution < 1.29 is 27.1 Å². The Morgan fingerprint density at radius 3 is 2.14 bits per heavy atom. The number of halogens is 1. The summed E-state index contributed by atoms with van der Waals surface area (Å²) in [5, 5.41) is 2.91. The second-order valence-electron chi connectivity index (χ2n) is 10.3. The van der Waals surface area contributed by atoms with Gasteiger partial charge >= 0.3 is 0 Å². The van der Waals surface area contributed by atoms with E-state index in [-0.39, 0.29) is 29.0 Å². The SMILES string of the molecule is CCOc1ccc(S(=O)(=O)N(CC(=O)N(CCc2ccccc2)[C@H](CC)C(=O)NCC(C)C)c2ccc(F)cc2)cc1. The third kappa shape index (κ3) is 8.79. The molecule has 0 fully saturated rings. The van der Waals surface area contributed by atoms with Gasteiger partial charge in [0, 0.05) is 13.1 Å². The van der Waals surface area contributed by atoms with Gasteiger partial charge in [0.2, 0.25) is 11.8 Å². The number of benzene rings is 3. The van der Waals surface area contributed by atoms with E-state index < -0.39 is 34.3 Å². The highest BCUT2D eigenvalue weighted by Crippen LogP contribution is 2.26. The van der Waals surface area contributed by atoms with Crippen LogP contribution in [0.1, 0.15) is 39.7 Å². The van der Waals surface area contributed by atoms with E-state index in [1.165, 1.54) is 29.2 Å². The summed E-state index contributed by atoms with van der Waals surface area (Å²) < 4.78 is 48.0. The lowest BCUT2D eigenvalue weighted by Crippen LogP contribution is -2.53. The summed E-state index contributed by atoms with van der Waals surface area (Å²) in [4.78, 5) is 28.7. The number of anilines is 1. The van der Waals surface area contributed by atoms with E-state index in [0.29, 0.717) is 31.7 Å². The molecule has 0 heterocycles. The second-order valence-corrected chi connectivity index (χ2v) is 12.1. The number of sulfonamides is 1. The van der Waals surface area contributed by atoms with Gasteiger partial charge in [0.05, 0.1) is 17.2 Å². The molecule has 0 saturated carbocycles. The molecule has 1 atom stereocenters. The van der Waals surface area contributed by atoms with Crippen LogP contribution in [0.2, 0.25) is 0 Å². The van der Waals surface area contributed by atoms with Crippen LogP contribution in [0.5, 0.6) is 5.75 Å². The van der Waals surface area contributed by atoms with Gasteiger partial charge in [0.1, 0.15) is 24.2 Å². The molecule has 8 nitrogen and oxygen atoms in total. The van der Waals surface area contributed by atoms with Crippen LogP contribution >= 0.6 is 0 Å². The minimum absolute atomic E-state index is 0.0550. The van der Waals surface area contributed by atoms with Gasteiger partial charge in [-0.05, 0) is 79.8 Å². The van der Waals surface area contributed by atoms with Crippen molar-refractivity contribution in [1.29, 1.82) is 0 Å². The number of hydrogen-bond donors (Lipinski definition) is 1. The van der Waals surface area contributed by atoms with Crippen LogP contribution in [0.3, 0.4) is 0 Å². The van der Waals surface area contributed by atoms with Gasteiger partial charge in [-0.25, -0.2) is 12.8 Å². The van der Waals surface area contributed by atoms with Crippen molar-refractivity contribution in [3.8, 4) is 5.75 Å². The number of amides is 2. The number of nitrogens with zero attached hydrogens (tertiary/aromatic N) is 2. The molecule has 0 spiro atoms. The van der Waals surface area contributed by atoms with Crippen molar-refractivity contribution in [2.75, 3.05) is 30.5 Å². The number of nitrogens with one attached hydrogen (secondary N) is 1. The minimum atomic E-state index is -4.26. The van der Waals surface area contributed by atoms with Gasteiger partial charge in [-0.2, -0.15) is 0 Å². The smallest absolute Gasteiger partial charge is 0.264 e. The van der Waals surface area contributed by atoms with E-state index >= 15 is 0 Å². The minimum Gasteiger partial charge on any atom is -0.494 e. The molecule has 10 heteroatoms. The van der Waals surface area contributed by atoms with E-state index in [4.69, 9.17) is 4.74 Å². The Morgan fingerprint density at radius 2 is 1.57 bits per heavy atom. The molecule has 3 aromatic carbocycles. The predicted molar refractivity (Wildman–Crippen MR) is 162 cm³/mol. The van der Waals surface area contributed by atoms with Crippen molar-refractivity contribution in [1.82, 2.24) is 10.2 Å². The van der Waals surface area contributed by atoms with Gasteiger partial charge in [0.15, 0.2) is 0 Å². The fourth-order valence-electron chi connectivity index (χ4n) is 4.46. The second kappa shape index (κ2) is 15.3. The number of carbonyl (C=O) groups is 2. The third-order valence-electron chi connectivity index (χ3n) is 6.67. The topological polar surface area (TPSA) is 96.0 Å². The molecule has 3 rings (SSSR count). The van der Waals surface area contributed by atoms with E-state index in [2.05, 4.69) is 5.32 Å². The first-order chi connectivity index (χ1) is 20.1. The molecule has 3 aromatic rings. The van der Waals surface area contributed by atoms with E-state index in [1.54, 1.807) is 12.1 Å². The zero-order valence-electron chi connectivity index (χ0n) is 24.6. The number of rotatable bonds is 15. The van der Waals surface area contributed by atoms with Crippen molar-refractivity contribution >= 4 is 27.5 Å². The Bertz CT molecular complexity index is 1400. The first-order valence-corrected chi connectivity index (χ1v) is 15.6. The average molecular weight is 598 g/mol. The molecular formula is C32H40FN3O5S. The fraction of sp³-hybridized carbons (Fsp3) is 0.375. The van der Waals surface area contributed by atoms with E-state index in [0.717, 1.165) is 22.0 Å². The molecule has 42 heavy (non-hydrogen) atoms. The van der Waals surface area contributed by atoms with Gasteiger partial charge in [-0.15, -0.1) is 0 Å². The van der Waals surface area contributed by atoms with Crippen LogP contribution in [-0.2, 0) is 26.0 Å². The molecule has 226 valence electrons. The molecular weight excluding hydrogens is 557 g/mol. The highest BCUT2D eigenvalue weighted by molar-refractivity contribution is 7.92. The molecule has 0 saturated heterocycles. The molecule has 0 unspecified atom stereocenters. The first kappa shape index (κ1) is 32.6. The number of hydrogen-bond acceptors (Lipinski definition) is 5. The van der Waals surface area contributed by atoms with Crippen LogP contribution < -0.4 is 14.4 Å². The number of ether oxygens (including phenoxy) is 1. The zero-order valence-corrected chi connectivity index (χ0v) is 25.4. The Balaban J connectivity index is 1.99. The van der Waals surface area contributed by atoms with E-state index in [9.17, 15) is 22.4 Å². The maximum atomic E-state index is 14.0. The van der Waals surface area contributed by atoms with Crippen molar-refractivity contribution in [2.24, 2.45) is 5.92 Å². The number of carbonyl (C=O) groups excluding carboxylic acids is 2. The summed E-state index contributed by atoms with van der Waals surface area (Å²) in [6.07, 6.45) is 0.815. The molecule has 0 bridgehead atoms. The molecule has 2 amide bonds. The predicted octanol–water partition coefficient (Wildman–Crippen LogP) is 5.04. The quantitative estimate of drug-likeness (QED) is 0.265. The van der Waals surface area contributed by atoms with Crippen LogP contribution in [-0.4, -0.2) is 57.4 Å². The summed E-state index contributed by atoms with van der Waals surface area (Å²) in [7, 11) is -4.26. The summed E-state index contributed by atoms with van der Waals surface area (Å²) >= 11 is 0. The summed E-state index contributed by atoms with van der Waals surface area (Å²) in [6.45, 7) is 8.09. The highest BCUT2D eigenvalue weighted by Gasteiger charge is 2.33. The maximum Gasteiger partial charge on any atom is 0.264 e. The van der Waals surface area contributed by atoms with Crippen LogP contribution in [0, 0.1) is 11.7 Å². The lowest BCUT2D eigenvalue weighted by molar-refractivity contribution is -0.139. The Morgan fingerprint density at radius 1 is 0.929 bits per heavy atom. The summed E-state index contributed by atoms with van der Waals surface area (Å²) in [5.41, 5.74) is 1.10. The highest BCUT2D eigenvalue weighted by atomic mass is 32.2. The molecule has 0 aliphatic carbocycles. The normalized spacial score (nSPS) is 12.0. The van der Waals surface area contributed by atoms with Crippen LogP contribution in [0.25, 0.3) is 0 Å². The fourth-order valence-corrected chi connectivity index (χ4v) is 5.87. The lowest BCUT2D eigenvalue weighted by atomic mass is 10.1. The summed E-state index contributed by atoms with van der Waals surface area (Å²) in [6, 6.07) is 19.6. The van der Waals surface area contributed by atoms with Gasteiger partial charge < -0.3 is 15.0 Å². The van der Waals surface area contributed by atoms with Gasteiger partial charge in [-0.3, -0.25) is 13.9 Å². The van der Waals surface area contributed by atoms with Crippen molar-refractivity contribution in [2.45, 2.75) is 51.5 Å². The van der Waals surface area contributed by atoms with Crippen molar-refractivity contribution in [3.05, 3.63) is 90.2 Å². The average Bonchev–Trinajstić information content (AvgIpc) is 2.98. The maximum absolute atomic E-state index is 14.0. The van der Waals surface area contributed by atoms with Gasteiger partial charge in [0.25, 0.3) is 10.0 Å². The largest absolute Gasteiger partial charge is 0.494 e. The standard InChI is InChI=1S/C32H40FN3O5S/c1-5-30(32(38)34-22-24(3)4)35(21-20-25-10-8-7-9-11-25)31(37)23-36(27-14-12-26(33)13-15-27)42(39,40)29-18-16-28(17-19-29)41-6-2/h7-19,24,30H,5-6,20-23H2,1-4H3,(H,34,38)/t30-/m1/s1. The Kier molecular flexibility index (Phi) is 11.9. The Labute approximate surface area is 248 Å². The molecule has 0 aromatic heterocycles. The molecule has 1 N–H and O–H groups in total. The van der Waals surface area contributed by atoms with Crippen LogP contribution in [0.15, 0.2) is 83.8 Å². The summed E-state index contributed by atoms with van der Waals surface area (Å²) in [5.74, 6) is -0.660. The molecule has 0 radical (unpaired) electrons.